The van der Waals surface area contributed by atoms with Gasteiger partial charge in [-0.1, -0.05) is 30.3 Å². The molecule has 2 N–H and O–H groups in total. The fourth-order valence-electron chi connectivity index (χ4n) is 3.84. The summed E-state index contributed by atoms with van der Waals surface area (Å²) in [6.45, 7) is 3.14. The molecule has 0 radical (unpaired) electrons. The van der Waals surface area contributed by atoms with Crippen LogP contribution in [0.25, 0.3) is 10.8 Å². The van der Waals surface area contributed by atoms with Crippen LogP contribution in [0.2, 0.25) is 0 Å². The number of nitrogens with zero attached hydrogens (tertiary/aromatic N) is 1. The van der Waals surface area contributed by atoms with E-state index in [9.17, 15) is 9.59 Å². The first kappa shape index (κ1) is 15.1. The Labute approximate surface area is 141 Å². The molecule has 3 fully saturated rings. The minimum Gasteiger partial charge on any atom is -0.333 e. The Bertz CT molecular complexity index is 781. The first-order valence-electron chi connectivity index (χ1n) is 8.52. The SMILES string of the molecule is O=C(NC(=O)c1ccc2ccccc2c1)NC1CN2CCC1CC2. The topological polar surface area (TPSA) is 61.4 Å². The van der Waals surface area contributed by atoms with Crippen molar-refractivity contribution in [3.8, 4) is 0 Å². The molecular formula is C19H21N3O2. The Hall–Kier alpha value is -2.40. The Morgan fingerprint density at radius 3 is 2.46 bits per heavy atom. The van der Waals surface area contributed by atoms with Crippen molar-refractivity contribution in [1.29, 1.82) is 0 Å². The van der Waals surface area contributed by atoms with Crippen molar-refractivity contribution in [2.24, 2.45) is 5.92 Å². The van der Waals surface area contributed by atoms with Crippen molar-refractivity contribution in [2.75, 3.05) is 19.6 Å². The molecule has 0 aromatic heterocycles. The molecule has 5 heteroatoms. The van der Waals surface area contributed by atoms with Gasteiger partial charge < -0.3 is 10.2 Å². The molecule has 0 aliphatic carbocycles. The maximum absolute atomic E-state index is 12.3. The third-order valence-electron chi connectivity index (χ3n) is 5.21. The van der Waals surface area contributed by atoms with Gasteiger partial charge in [0.25, 0.3) is 5.91 Å². The molecule has 3 saturated heterocycles. The van der Waals surface area contributed by atoms with E-state index in [-0.39, 0.29) is 11.9 Å². The van der Waals surface area contributed by atoms with Gasteiger partial charge in [0, 0.05) is 18.2 Å². The number of rotatable bonds is 2. The fourth-order valence-corrected chi connectivity index (χ4v) is 3.84. The largest absolute Gasteiger partial charge is 0.333 e. The summed E-state index contributed by atoms with van der Waals surface area (Å²) in [4.78, 5) is 26.9. The lowest BCUT2D eigenvalue weighted by molar-refractivity contribution is 0.0757. The number of carbonyl (C=O) groups is 2. The van der Waals surface area contributed by atoms with Gasteiger partial charge in [-0.25, -0.2) is 4.79 Å². The monoisotopic (exact) mass is 323 g/mol. The maximum atomic E-state index is 12.3. The quantitative estimate of drug-likeness (QED) is 0.892. The zero-order valence-electron chi connectivity index (χ0n) is 13.5. The number of hydrogen-bond donors (Lipinski definition) is 2. The number of fused-ring (bicyclic) bond motifs is 4. The highest BCUT2D eigenvalue weighted by atomic mass is 16.2. The molecule has 5 nitrogen and oxygen atoms in total. The average molecular weight is 323 g/mol. The van der Waals surface area contributed by atoms with Crippen LogP contribution in [0, 0.1) is 5.92 Å². The number of piperidine rings is 3. The summed E-state index contributed by atoms with van der Waals surface area (Å²) in [7, 11) is 0. The summed E-state index contributed by atoms with van der Waals surface area (Å²) >= 11 is 0. The molecule has 2 bridgehead atoms. The minimum atomic E-state index is -0.396. The van der Waals surface area contributed by atoms with Crippen LogP contribution in [0.5, 0.6) is 0 Å². The summed E-state index contributed by atoms with van der Waals surface area (Å²) in [5.41, 5.74) is 0.498. The molecule has 0 saturated carbocycles. The Morgan fingerprint density at radius 2 is 1.75 bits per heavy atom. The van der Waals surface area contributed by atoms with Crippen LogP contribution in [0.3, 0.4) is 0 Å². The van der Waals surface area contributed by atoms with Gasteiger partial charge in [-0.2, -0.15) is 0 Å². The van der Waals surface area contributed by atoms with Crippen LogP contribution in [0.4, 0.5) is 4.79 Å². The van der Waals surface area contributed by atoms with E-state index in [1.165, 1.54) is 0 Å². The second kappa shape index (κ2) is 6.24. The van der Waals surface area contributed by atoms with Gasteiger partial charge in [-0.15, -0.1) is 0 Å². The number of urea groups is 1. The van der Waals surface area contributed by atoms with Crippen molar-refractivity contribution < 1.29 is 9.59 Å². The van der Waals surface area contributed by atoms with Gasteiger partial charge in [-0.05, 0) is 54.8 Å². The molecule has 3 heterocycles. The van der Waals surface area contributed by atoms with Crippen LogP contribution < -0.4 is 10.6 Å². The highest BCUT2D eigenvalue weighted by molar-refractivity contribution is 6.06. The Morgan fingerprint density at radius 1 is 1.00 bits per heavy atom. The number of benzene rings is 2. The molecule has 2 aromatic carbocycles. The molecule has 3 aliphatic heterocycles. The lowest BCUT2D eigenvalue weighted by atomic mass is 9.84. The van der Waals surface area contributed by atoms with E-state index in [0.29, 0.717) is 11.5 Å². The van der Waals surface area contributed by atoms with Crippen molar-refractivity contribution >= 4 is 22.7 Å². The summed E-state index contributed by atoms with van der Waals surface area (Å²) in [6.07, 6.45) is 2.26. The third-order valence-corrected chi connectivity index (χ3v) is 5.21. The fraction of sp³-hybridized carbons (Fsp3) is 0.368. The van der Waals surface area contributed by atoms with Gasteiger partial charge >= 0.3 is 6.03 Å². The summed E-state index contributed by atoms with van der Waals surface area (Å²) in [6, 6.07) is 13.1. The number of nitrogens with one attached hydrogen (secondary N) is 2. The van der Waals surface area contributed by atoms with Crippen molar-refractivity contribution in [3.63, 3.8) is 0 Å². The Kier molecular flexibility index (Phi) is 3.94. The van der Waals surface area contributed by atoms with Gasteiger partial charge in [0.2, 0.25) is 0 Å². The molecule has 124 valence electrons. The van der Waals surface area contributed by atoms with Crippen LogP contribution in [-0.2, 0) is 0 Å². The van der Waals surface area contributed by atoms with Gasteiger partial charge in [0.05, 0.1) is 0 Å². The molecule has 0 spiro atoms. The zero-order chi connectivity index (χ0) is 16.5. The molecule has 2 aromatic rings. The average Bonchev–Trinajstić information content (AvgIpc) is 2.62. The lowest BCUT2D eigenvalue weighted by Crippen LogP contribution is -2.59. The Balaban J connectivity index is 1.40. The summed E-state index contributed by atoms with van der Waals surface area (Å²) < 4.78 is 0. The number of imide groups is 1. The summed E-state index contributed by atoms with van der Waals surface area (Å²) in [5.74, 6) is 0.177. The van der Waals surface area contributed by atoms with E-state index < -0.39 is 6.03 Å². The summed E-state index contributed by atoms with van der Waals surface area (Å²) in [5, 5.41) is 7.50. The molecule has 5 rings (SSSR count). The van der Waals surface area contributed by atoms with Gasteiger partial charge in [0.15, 0.2) is 0 Å². The lowest BCUT2D eigenvalue weighted by Gasteiger charge is -2.44. The highest BCUT2D eigenvalue weighted by Crippen LogP contribution is 2.27. The molecule has 3 aliphatic rings. The van der Waals surface area contributed by atoms with Crippen molar-refractivity contribution in [1.82, 2.24) is 15.5 Å². The van der Waals surface area contributed by atoms with E-state index in [0.717, 1.165) is 43.2 Å². The van der Waals surface area contributed by atoms with Gasteiger partial charge in [0.1, 0.15) is 0 Å². The van der Waals surface area contributed by atoms with E-state index in [1.807, 2.05) is 36.4 Å². The third kappa shape index (κ3) is 2.99. The second-order valence-corrected chi connectivity index (χ2v) is 6.73. The zero-order valence-corrected chi connectivity index (χ0v) is 13.5. The normalized spacial score (nSPS) is 25.4. The predicted octanol–water partition coefficient (Wildman–Crippen LogP) is 2.37. The first-order chi connectivity index (χ1) is 11.7. The van der Waals surface area contributed by atoms with Crippen molar-refractivity contribution in [2.45, 2.75) is 18.9 Å². The van der Waals surface area contributed by atoms with E-state index in [4.69, 9.17) is 0 Å². The van der Waals surface area contributed by atoms with E-state index in [2.05, 4.69) is 15.5 Å². The smallest absolute Gasteiger partial charge is 0.321 e. The number of hydrogen-bond acceptors (Lipinski definition) is 3. The number of amides is 3. The number of carbonyl (C=O) groups excluding carboxylic acids is 2. The van der Waals surface area contributed by atoms with E-state index >= 15 is 0 Å². The molecule has 3 amide bonds. The van der Waals surface area contributed by atoms with Crippen LogP contribution >= 0.6 is 0 Å². The predicted molar refractivity (Wildman–Crippen MR) is 92.9 cm³/mol. The minimum absolute atomic E-state index is 0.150. The van der Waals surface area contributed by atoms with Crippen LogP contribution in [-0.4, -0.2) is 42.5 Å². The van der Waals surface area contributed by atoms with Crippen molar-refractivity contribution in [3.05, 3.63) is 48.0 Å². The van der Waals surface area contributed by atoms with Crippen LogP contribution in [0.1, 0.15) is 23.2 Å². The standard InChI is InChI=1S/C19H21N3O2/c23-18(16-6-5-13-3-1-2-4-15(13)11-16)21-19(24)20-17-12-22-9-7-14(17)8-10-22/h1-6,11,14,17H,7-10,12H2,(H2,20,21,23,24). The van der Waals surface area contributed by atoms with Gasteiger partial charge in [-0.3, -0.25) is 10.1 Å². The molecule has 24 heavy (non-hydrogen) atoms. The maximum Gasteiger partial charge on any atom is 0.321 e. The highest BCUT2D eigenvalue weighted by Gasteiger charge is 2.35. The second-order valence-electron chi connectivity index (χ2n) is 6.73. The molecule has 1 atom stereocenters. The molecule has 1 unspecified atom stereocenters. The molecular weight excluding hydrogens is 302 g/mol. The van der Waals surface area contributed by atoms with E-state index in [1.54, 1.807) is 6.07 Å². The first-order valence-corrected chi connectivity index (χ1v) is 8.52. The van der Waals surface area contributed by atoms with Crippen LogP contribution in [0.15, 0.2) is 42.5 Å².